The van der Waals surface area contributed by atoms with Gasteiger partial charge < -0.3 is 15.2 Å². The third kappa shape index (κ3) is 6.09. The normalized spacial score (nSPS) is 11.0. The highest BCUT2D eigenvalue weighted by atomic mass is 32.2. The van der Waals surface area contributed by atoms with Gasteiger partial charge in [0.25, 0.3) is 5.91 Å². The molecule has 0 bridgehead atoms. The number of carbonyl (C=O) groups excluding carboxylic acids is 2. The molecule has 1 aromatic carbocycles. The van der Waals surface area contributed by atoms with Crippen molar-refractivity contribution in [1.29, 1.82) is 0 Å². The lowest BCUT2D eigenvalue weighted by atomic mass is 10.1. The molecule has 8 heteroatoms. The van der Waals surface area contributed by atoms with Crippen LogP contribution >= 0.6 is 11.8 Å². The molecule has 0 radical (unpaired) electrons. The summed E-state index contributed by atoms with van der Waals surface area (Å²) in [5.41, 5.74) is 7.03. The van der Waals surface area contributed by atoms with Crippen LogP contribution in [0, 0.1) is 5.92 Å². The molecule has 0 fully saturated rings. The lowest BCUT2D eigenvalue weighted by Crippen LogP contribution is -2.21. The molecule has 0 aliphatic heterocycles. The summed E-state index contributed by atoms with van der Waals surface area (Å²) in [7, 11) is 3.48. The fourth-order valence-electron chi connectivity index (χ4n) is 2.54. The van der Waals surface area contributed by atoms with Crippen LogP contribution in [0.3, 0.4) is 0 Å². The van der Waals surface area contributed by atoms with Crippen molar-refractivity contribution in [3.05, 3.63) is 41.2 Å². The van der Waals surface area contributed by atoms with E-state index in [4.69, 9.17) is 5.73 Å². The molecule has 146 valence electrons. The van der Waals surface area contributed by atoms with E-state index in [9.17, 15) is 9.59 Å². The predicted molar refractivity (Wildman–Crippen MR) is 106 cm³/mol. The Bertz CT molecular complexity index is 784. The lowest BCUT2D eigenvalue weighted by Gasteiger charge is -2.12. The van der Waals surface area contributed by atoms with Crippen LogP contribution in [0.4, 0.5) is 0 Å². The molecule has 27 heavy (non-hydrogen) atoms. The van der Waals surface area contributed by atoms with E-state index in [1.54, 1.807) is 30.8 Å². The number of aromatic nitrogens is 3. The second-order valence-electron chi connectivity index (χ2n) is 7.05. The molecule has 2 amide bonds. The maximum absolute atomic E-state index is 12.0. The van der Waals surface area contributed by atoms with Crippen molar-refractivity contribution in [3.63, 3.8) is 0 Å². The molecule has 1 heterocycles. The number of nitrogens with two attached hydrogens (primary N) is 1. The van der Waals surface area contributed by atoms with Crippen LogP contribution in [0.2, 0.25) is 0 Å². The molecule has 0 saturated heterocycles. The highest BCUT2D eigenvalue weighted by molar-refractivity contribution is 7.98. The minimum absolute atomic E-state index is 0.00928. The average Bonchev–Trinajstić information content (AvgIpc) is 2.99. The van der Waals surface area contributed by atoms with E-state index in [2.05, 4.69) is 28.6 Å². The number of aryl methyl sites for hydroxylation is 1. The van der Waals surface area contributed by atoms with Crippen molar-refractivity contribution in [3.8, 4) is 0 Å². The molecule has 0 spiro atoms. The minimum Gasteiger partial charge on any atom is -0.370 e. The number of benzene rings is 1. The van der Waals surface area contributed by atoms with Gasteiger partial charge in [-0.1, -0.05) is 37.7 Å². The van der Waals surface area contributed by atoms with Gasteiger partial charge in [0.05, 0.1) is 0 Å². The first-order valence-electron chi connectivity index (χ1n) is 8.91. The number of carbonyl (C=O) groups is 2. The van der Waals surface area contributed by atoms with Crippen molar-refractivity contribution >= 4 is 23.6 Å². The van der Waals surface area contributed by atoms with Gasteiger partial charge in [0.1, 0.15) is 5.82 Å². The summed E-state index contributed by atoms with van der Waals surface area (Å²) in [5.74, 6) is 1.60. The molecule has 0 atom stereocenters. The standard InChI is InChI=1S/C19H27N5O2S/c1-13(2)11-24-17(10-9-16(20)25)21-22-19(24)27-12-14-5-7-15(8-6-14)18(26)23(3)4/h5-8,13H,9-12H2,1-4H3,(H2,20,25). The van der Waals surface area contributed by atoms with Crippen molar-refractivity contribution in [2.24, 2.45) is 11.7 Å². The van der Waals surface area contributed by atoms with Gasteiger partial charge in [0.2, 0.25) is 5.91 Å². The number of primary amides is 1. The van der Waals surface area contributed by atoms with Gasteiger partial charge in [-0.2, -0.15) is 0 Å². The second kappa shape index (κ2) is 9.55. The van der Waals surface area contributed by atoms with E-state index in [0.29, 0.717) is 17.9 Å². The third-order valence-corrected chi connectivity index (χ3v) is 4.95. The molecule has 7 nitrogen and oxygen atoms in total. The molecule has 0 aliphatic rings. The predicted octanol–water partition coefficient (Wildman–Crippen LogP) is 2.35. The zero-order valence-corrected chi connectivity index (χ0v) is 17.1. The Balaban J connectivity index is 2.08. The van der Waals surface area contributed by atoms with E-state index >= 15 is 0 Å². The molecule has 2 aromatic rings. The number of nitrogens with zero attached hydrogens (tertiary/aromatic N) is 4. The number of hydrogen-bond acceptors (Lipinski definition) is 5. The summed E-state index contributed by atoms with van der Waals surface area (Å²) in [4.78, 5) is 24.6. The van der Waals surface area contributed by atoms with E-state index in [-0.39, 0.29) is 18.2 Å². The van der Waals surface area contributed by atoms with Crippen LogP contribution in [0.5, 0.6) is 0 Å². The van der Waals surface area contributed by atoms with Crippen LogP contribution < -0.4 is 5.73 Å². The maximum atomic E-state index is 12.0. The Hall–Kier alpha value is -2.35. The summed E-state index contributed by atoms with van der Waals surface area (Å²) in [5, 5.41) is 9.37. The Labute approximate surface area is 164 Å². The first-order chi connectivity index (χ1) is 12.8. The summed E-state index contributed by atoms with van der Waals surface area (Å²) in [6.07, 6.45) is 0.763. The van der Waals surface area contributed by atoms with Gasteiger partial charge in [-0.25, -0.2) is 0 Å². The molecule has 1 aromatic heterocycles. The third-order valence-electron chi connectivity index (χ3n) is 3.91. The highest BCUT2D eigenvalue weighted by Gasteiger charge is 2.15. The van der Waals surface area contributed by atoms with Crippen molar-refractivity contribution in [2.75, 3.05) is 14.1 Å². The Morgan fingerprint density at radius 3 is 2.41 bits per heavy atom. The van der Waals surface area contributed by atoms with E-state index in [0.717, 1.165) is 28.8 Å². The summed E-state index contributed by atoms with van der Waals surface area (Å²) >= 11 is 1.60. The minimum atomic E-state index is -0.337. The van der Waals surface area contributed by atoms with Crippen LogP contribution in [0.1, 0.15) is 42.0 Å². The van der Waals surface area contributed by atoms with Crippen molar-refractivity contribution in [2.45, 2.75) is 44.1 Å². The highest BCUT2D eigenvalue weighted by Crippen LogP contribution is 2.24. The van der Waals surface area contributed by atoms with Crippen molar-refractivity contribution in [1.82, 2.24) is 19.7 Å². The molecule has 0 unspecified atom stereocenters. The first-order valence-corrected chi connectivity index (χ1v) is 9.90. The Morgan fingerprint density at radius 2 is 1.85 bits per heavy atom. The molecule has 0 aliphatic carbocycles. The number of rotatable bonds is 9. The lowest BCUT2D eigenvalue weighted by molar-refractivity contribution is -0.118. The van der Waals surface area contributed by atoms with Crippen LogP contribution in [-0.2, 0) is 23.5 Å². The van der Waals surface area contributed by atoms with Gasteiger partial charge in [0, 0.05) is 44.8 Å². The van der Waals surface area contributed by atoms with Gasteiger partial charge in [-0.3, -0.25) is 9.59 Å². The van der Waals surface area contributed by atoms with Crippen LogP contribution in [0.25, 0.3) is 0 Å². The quantitative estimate of drug-likeness (QED) is 0.664. The van der Waals surface area contributed by atoms with Crippen molar-refractivity contribution < 1.29 is 9.59 Å². The number of hydrogen-bond donors (Lipinski definition) is 1. The van der Waals surface area contributed by atoms with E-state index in [1.807, 2.05) is 24.3 Å². The SMILES string of the molecule is CC(C)Cn1c(CCC(N)=O)nnc1SCc1ccc(C(=O)N(C)C)cc1. The van der Waals surface area contributed by atoms with Gasteiger partial charge in [-0.15, -0.1) is 10.2 Å². The molecular formula is C19H27N5O2S. The Morgan fingerprint density at radius 1 is 1.19 bits per heavy atom. The molecule has 2 N–H and O–H groups in total. The topological polar surface area (TPSA) is 94.1 Å². The van der Waals surface area contributed by atoms with Crippen LogP contribution in [0.15, 0.2) is 29.4 Å². The summed E-state index contributed by atoms with van der Waals surface area (Å²) < 4.78 is 2.07. The summed E-state index contributed by atoms with van der Waals surface area (Å²) in [6.45, 7) is 5.05. The number of amides is 2. The first kappa shape index (κ1) is 21.0. The zero-order chi connectivity index (χ0) is 20.0. The summed E-state index contributed by atoms with van der Waals surface area (Å²) in [6, 6.07) is 7.60. The fraction of sp³-hybridized carbons (Fsp3) is 0.474. The smallest absolute Gasteiger partial charge is 0.253 e. The molecule has 0 saturated carbocycles. The Kier molecular flexibility index (Phi) is 7.41. The molecule has 2 rings (SSSR count). The average molecular weight is 390 g/mol. The fourth-order valence-corrected chi connectivity index (χ4v) is 3.47. The monoisotopic (exact) mass is 389 g/mol. The van der Waals surface area contributed by atoms with E-state index < -0.39 is 0 Å². The van der Waals surface area contributed by atoms with E-state index in [1.165, 1.54) is 0 Å². The largest absolute Gasteiger partial charge is 0.370 e. The van der Waals surface area contributed by atoms with Gasteiger partial charge in [-0.05, 0) is 23.6 Å². The zero-order valence-electron chi connectivity index (χ0n) is 16.3. The van der Waals surface area contributed by atoms with Crippen LogP contribution in [-0.4, -0.2) is 45.6 Å². The maximum Gasteiger partial charge on any atom is 0.253 e. The van der Waals surface area contributed by atoms with Gasteiger partial charge >= 0.3 is 0 Å². The molecular weight excluding hydrogens is 362 g/mol. The number of thioether (sulfide) groups is 1. The van der Waals surface area contributed by atoms with Gasteiger partial charge in [0.15, 0.2) is 5.16 Å². The second-order valence-corrected chi connectivity index (χ2v) is 8.00.